The molecule has 0 fully saturated rings. The zero-order valence-electron chi connectivity index (χ0n) is 6.58. The highest BCUT2D eigenvalue weighted by molar-refractivity contribution is 7.10. The van der Waals surface area contributed by atoms with Crippen molar-refractivity contribution in [3.63, 3.8) is 0 Å². The monoisotopic (exact) mass is 171 g/mol. The lowest BCUT2D eigenvalue weighted by molar-refractivity contribution is 0.276. The van der Waals surface area contributed by atoms with E-state index >= 15 is 0 Å². The Morgan fingerprint density at radius 3 is 2.91 bits per heavy atom. The summed E-state index contributed by atoms with van der Waals surface area (Å²) < 4.78 is 0. The Hall–Kier alpha value is -0.380. The average molecular weight is 171 g/mol. The summed E-state index contributed by atoms with van der Waals surface area (Å²) in [6.07, 6.45) is 0.650. The van der Waals surface area contributed by atoms with Crippen molar-refractivity contribution in [1.29, 1.82) is 0 Å². The van der Waals surface area contributed by atoms with Gasteiger partial charge in [-0.1, -0.05) is 0 Å². The van der Waals surface area contributed by atoms with Crippen molar-refractivity contribution >= 4 is 11.3 Å². The zero-order chi connectivity index (χ0) is 8.27. The molecule has 0 amide bonds. The van der Waals surface area contributed by atoms with Crippen LogP contribution in [0, 0.1) is 6.92 Å². The van der Waals surface area contributed by atoms with Crippen LogP contribution in [-0.2, 0) is 0 Å². The van der Waals surface area contributed by atoms with Gasteiger partial charge in [-0.05, 0) is 30.4 Å². The van der Waals surface area contributed by atoms with Gasteiger partial charge in [0.05, 0.1) is 0 Å². The zero-order valence-corrected chi connectivity index (χ0v) is 7.40. The molecule has 1 atom stereocenters. The number of thiophene rings is 1. The van der Waals surface area contributed by atoms with Crippen molar-refractivity contribution in [3.8, 4) is 0 Å². The van der Waals surface area contributed by atoms with E-state index in [2.05, 4.69) is 6.92 Å². The first-order valence-corrected chi connectivity index (χ1v) is 4.54. The van der Waals surface area contributed by atoms with E-state index in [1.54, 1.807) is 11.3 Å². The number of aryl methyl sites for hydroxylation is 1. The minimum Gasteiger partial charge on any atom is -0.396 e. The number of nitrogens with two attached hydrogens (primary N) is 1. The molecule has 1 rings (SSSR count). The first kappa shape index (κ1) is 8.71. The van der Waals surface area contributed by atoms with Crippen LogP contribution in [0.2, 0.25) is 0 Å². The Morgan fingerprint density at radius 1 is 1.73 bits per heavy atom. The van der Waals surface area contributed by atoms with E-state index in [0.717, 1.165) is 0 Å². The fourth-order valence-electron chi connectivity index (χ4n) is 1.07. The molecule has 0 saturated carbocycles. The standard InChI is InChI=1S/C8H13NOS/c1-6-7(3-5-11-6)8(9)2-4-10/h3,5,8,10H,2,4,9H2,1H3. The largest absolute Gasteiger partial charge is 0.396 e. The molecule has 1 aromatic rings. The summed E-state index contributed by atoms with van der Waals surface area (Å²) in [5.41, 5.74) is 6.97. The van der Waals surface area contributed by atoms with Gasteiger partial charge in [-0.25, -0.2) is 0 Å². The Labute approximate surface area is 70.7 Å². The first-order valence-electron chi connectivity index (χ1n) is 3.66. The molecule has 0 saturated heterocycles. The number of aliphatic hydroxyl groups is 1. The molecule has 0 radical (unpaired) electrons. The molecular formula is C8H13NOS. The van der Waals surface area contributed by atoms with Crippen LogP contribution in [0.15, 0.2) is 11.4 Å². The number of hydrogen-bond donors (Lipinski definition) is 2. The van der Waals surface area contributed by atoms with E-state index in [4.69, 9.17) is 10.8 Å². The first-order chi connectivity index (χ1) is 5.25. The van der Waals surface area contributed by atoms with Crippen LogP contribution in [0.4, 0.5) is 0 Å². The maximum absolute atomic E-state index is 8.65. The summed E-state index contributed by atoms with van der Waals surface area (Å²) in [4.78, 5) is 1.26. The maximum atomic E-state index is 8.65. The molecule has 2 nitrogen and oxygen atoms in total. The number of rotatable bonds is 3. The van der Waals surface area contributed by atoms with Crippen LogP contribution in [0.5, 0.6) is 0 Å². The molecule has 0 aliphatic carbocycles. The summed E-state index contributed by atoms with van der Waals surface area (Å²) >= 11 is 1.70. The van der Waals surface area contributed by atoms with Crippen molar-refractivity contribution in [1.82, 2.24) is 0 Å². The normalized spacial score (nSPS) is 13.4. The predicted octanol–water partition coefficient (Wildman–Crippen LogP) is 1.44. The second kappa shape index (κ2) is 3.85. The summed E-state index contributed by atoms with van der Waals surface area (Å²) in [6, 6.07) is 2.03. The van der Waals surface area contributed by atoms with Crippen molar-refractivity contribution in [2.45, 2.75) is 19.4 Å². The topological polar surface area (TPSA) is 46.2 Å². The summed E-state index contributed by atoms with van der Waals surface area (Å²) in [5.74, 6) is 0. The lowest BCUT2D eigenvalue weighted by Gasteiger charge is -2.08. The van der Waals surface area contributed by atoms with Crippen molar-refractivity contribution in [3.05, 3.63) is 21.9 Å². The Morgan fingerprint density at radius 2 is 2.45 bits per heavy atom. The van der Waals surface area contributed by atoms with Gasteiger partial charge < -0.3 is 10.8 Å². The number of aliphatic hydroxyl groups excluding tert-OH is 1. The second-order valence-electron chi connectivity index (χ2n) is 2.55. The Bertz CT molecular complexity index is 222. The summed E-state index contributed by atoms with van der Waals surface area (Å²) in [6.45, 7) is 2.22. The van der Waals surface area contributed by atoms with Gasteiger partial charge in [-0.3, -0.25) is 0 Å². The van der Waals surface area contributed by atoms with Gasteiger partial charge in [0.25, 0.3) is 0 Å². The van der Waals surface area contributed by atoms with Crippen molar-refractivity contribution in [2.75, 3.05) is 6.61 Å². The van der Waals surface area contributed by atoms with Crippen LogP contribution in [0.25, 0.3) is 0 Å². The maximum Gasteiger partial charge on any atom is 0.0449 e. The van der Waals surface area contributed by atoms with E-state index in [9.17, 15) is 0 Å². The fourth-order valence-corrected chi connectivity index (χ4v) is 1.85. The minimum absolute atomic E-state index is 0.00579. The fraction of sp³-hybridized carbons (Fsp3) is 0.500. The van der Waals surface area contributed by atoms with Crippen LogP contribution in [-0.4, -0.2) is 11.7 Å². The average Bonchev–Trinajstić information content (AvgIpc) is 2.36. The molecular weight excluding hydrogens is 158 g/mol. The molecule has 0 aromatic carbocycles. The molecule has 0 aliphatic heterocycles. The van der Waals surface area contributed by atoms with E-state index < -0.39 is 0 Å². The van der Waals surface area contributed by atoms with Gasteiger partial charge in [0, 0.05) is 17.5 Å². The van der Waals surface area contributed by atoms with E-state index in [-0.39, 0.29) is 12.6 Å². The van der Waals surface area contributed by atoms with Crippen LogP contribution in [0.1, 0.15) is 22.9 Å². The highest BCUT2D eigenvalue weighted by atomic mass is 32.1. The van der Waals surface area contributed by atoms with E-state index in [1.807, 2.05) is 11.4 Å². The van der Waals surface area contributed by atoms with Gasteiger partial charge in [-0.15, -0.1) is 11.3 Å². The van der Waals surface area contributed by atoms with Gasteiger partial charge in [0.2, 0.25) is 0 Å². The van der Waals surface area contributed by atoms with Crippen LogP contribution < -0.4 is 5.73 Å². The quantitative estimate of drug-likeness (QED) is 0.723. The molecule has 3 N–H and O–H groups in total. The predicted molar refractivity (Wildman–Crippen MR) is 47.7 cm³/mol. The third-order valence-electron chi connectivity index (χ3n) is 1.74. The van der Waals surface area contributed by atoms with E-state index in [1.165, 1.54) is 10.4 Å². The molecule has 1 aromatic heterocycles. The lowest BCUT2D eigenvalue weighted by Crippen LogP contribution is -2.11. The Kier molecular flexibility index (Phi) is 3.05. The second-order valence-corrected chi connectivity index (χ2v) is 3.67. The van der Waals surface area contributed by atoms with Crippen LogP contribution in [0.3, 0.4) is 0 Å². The molecule has 3 heteroatoms. The minimum atomic E-state index is 0.00579. The van der Waals surface area contributed by atoms with Crippen LogP contribution >= 0.6 is 11.3 Å². The molecule has 11 heavy (non-hydrogen) atoms. The lowest BCUT2D eigenvalue weighted by atomic mass is 10.1. The van der Waals surface area contributed by atoms with Gasteiger partial charge >= 0.3 is 0 Å². The van der Waals surface area contributed by atoms with Gasteiger partial charge in [0.15, 0.2) is 0 Å². The highest BCUT2D eigenvalue weighted by Crippen LogP contribution is 2.22. The summed E-state index contributed by atoms with van der Waals surface area (Å²) in [7, 11) is 0. The third-order valence-corrected chi connectivity index (χ3v) is 2.60. The number of hydrogen-bond acceptors (Lipinski definition) is 3. The molecule has 0 spiro atoms. The SMILES string of the molecule is Cc1sccc1C(N)CCO. The molecule has 62 valence electrons. The van der Waals surface area contributed by atoms with Gasteiger partial charge in [0.1, 0.15) is 0 Å². The van der Waals surface area contributed by atoms with E-state index in [0.29, 0.717) is 6.42 Å². The van der Waals surface area contributed by atoms with Crippen molar-refractivity contribution in [2.24, 2.45) is 5.73 Å². The third kappa shape index (κ3) is 2.02. The Balaban J connectivity index is 2.67. The molecule has 0 aliphatic rings. The molecule has 0 bridgehead atoms. The van der Waals surface area contributed by atoms with Crippen molar-refractivity contribution < 1.29 is 5.11 Å². The highest BCUT2D eigenvalue weighted by Gasteiger charge is 2.08. The molecule has 1 unspecified atom stereocenters. The van der Waals surface area contributed by atoms with Gasteiger partial charge in [-0.2, -0.15) is 0 Å². The summed E-state index contributed by atoms with van der Waals surface area (Å²) in [5, 5.41) is 10.7. The smallest absolute Gasteiger partial charge is 0.0449 e. The molecule has 1 heterocycles.